The van der Waals surface area contributed by atoms with Crippen LogP contribution in [0.2, 0.25) is 0 Å². The normalized spacial score (nSPS) is 32.4. The highest BCUT2D eigenvalue weighted by Gasteiger charge is 2.34. The third kappa shape index (κ3) is 4.09. The SMILES string of the molecule is CC1CC(C(=O)O)CCN1C(=O)NC1CCCS(=O)(=O)C1. The number of carboxylic acid groups (broad SMARTS) is 1. The fourth-order valence-corrected chi connectivity index (χ4v) is 4.73. The highest BCUT2D eigenvalue weighted by atomic mass is 32.2. The molecule has 2 aliphatic heterocycles. The number of carboxylic acids is 1. The van der Waals surface area contributed by atoms with Gasteiger partial charge in [-0.2, -0.15) is 0 Å². The summed E-state index contributed by atoms with van der Waals surface area (Å²) in [5.74, 6) is -1.03. The van der Waals surface area contributed by atoms with Gasteiger partial charge in [0.1, 0.15) is 0 Å². The molecule has 3 unspecified atom stereocenters. The summed E-state index contributed by atoms with van der Waals surface area (Å²) < 4.78 is 23.1. The molecule has 21 heavy (non-hydrogen) atoms. The molecule has 2 fully saturated rings. The predicted octanol–water partition coefficient (Wildman–Crippen LogP) is 0.458. The van der Waals surface area contributed by atoms with E-state index in [0.29, 0.717) is 32.2 Å². The number of amides is 2. The molecule has 120 valence electrons. The van der Waals surface area contributed by atoms with Crippen LogP contribution in [-0.2, 0) is 14.6 Å². The van der Waals surface area contributed by atoms with Crippen LogP contribution in [0.25, 0.3) is 0 Å². The van der Waals surface area contributed by atoms with E-state index in [-0.39, 0.29) is 29.6 Å². The number of carbonyl (C=O) groups excluding carboxylic acids is 1. The highest BCUT2D eigenvalue weighted by Crippen LogP contribution is 2.23. The minimum absolute atomic E-state index is 0.00128. The van der Waals surface area contributed by atoms with Gasteiger partial charge in [0.05, 0.1) is 17.4 Å². The van der Waals surface area contributed by atoms with Crippen LogP contribution in [0.15, 0.2) is 0 Å². The number of sulfone groups is 1. The number of rotatable bonds is 2. The zero-order chi connectivity index (χ0) is 15.6. The number of aliphatic carboxylic acids is 1. The van der Waals surface area contributed by atoms with Gasteiger partial charge in [-0.15, -0.1) is 0 Å². The summed E-state index contributed by atoms with van der Waals surface area (Å²) in [6.45, 7) is 2.22. The molecule has 7 nitrogen and oxygen atoms in total. The van der Waals surface area contributed by atoms with Crippen LogP contribution in [0, 0.1) is 5.92 Å². The fraction of sp³-hybridized carbons (Fsp3) is 0.846. The summed E-state index contributed by atoms with van der Waals surface area (Å²) in [6.07, 6.45) is 2.12. The molecule has 0 radical (unpaired) electrons. The molecule has 2 heterocycles. The lowest BCUT2D eigenvalue weighted by Crippen LogP contribution is -2.54. The van der Waals surface area contributed by atoms with Crippen molar-refractivity contribution in [2.45, 2.75) is 44.7 Å². The number of nitrogens with zero attached hydrogens (tertiary/aromatic N) is 1. The number of hydrogen-bond donors (Lipinski definition) is 2. The van der Waals surface area contributed by atoms with Crippen LogP contribution in [0.3, 0.4) is 0 Å². The Bertz CT molecular complexity index is 519. The first-order valence-corrected chi connectivity index (χ1v) is 9.11. The number of urea groups is 1. The van der Waals surface area contributed by atoms with E-state index in [9.17, 15) is 18.0 Å². The average Bonchev–Trinajstić information content (AvgIpc) is 2.36. The molecular formula is C13H22N2O5S. The molecule has 0 bridgehead atoms. The molecule has 0 aromatic heterocycles. The molecule has 2 rings (SSSR count). The molecule has 2 aliphatic rings. The molecule has 0 aromatic carbocycles. The van der Waals surface area contributed by atoms with Gasteiger partial charge in [-0.1, -0.05) is 0 Å². The summed E-state index contributed by atoms with van der Waals surface area (Å²) >= 11 is 0. The van der Waals surface area contributed by atoms with Crippen molar-refractivity contribution in [3.8, 4) is 0 Å². The maximum atomic E-state index is 12.2. The summed E-state index contributed by atoms with van der Waals surface area (Å²) in [4.78, 5) is 24.8. The third-order valence-electron chi connectivity index (χ3n) is 4.28. The molecule has 2 N–H and O–H groups in total. The van der Waals surface area contributed by atoms with Gasteiger partial charge in [0.25, 0.3) is 0 Å². The number of nitrogens with one attached hydrogen (secondary N) is 1. The number of likely N-dealkylation sites (tertiary alicyclic amines) is 1. The predicted molar refractivity (Wildman–Crippen MR) is 76.7 cm³/mol. The monoisotopic (exact) mass is 318 g/mol. The molecule has 2 amide bonds. The van der Waals surface area contributed by atoms with Crippen molar-refractivity contribution >= 4 is 21.8 Å². The van der Waals surface area contributed by atoms with Crippen molar-refractivity contribution in [1.29, 1.82) is 0 Å². The average molecular weight is 318 g/mol. The van der Waals surface area contributed by atoms with Crippen molar-refractivity contribution < 1.29 is 23.1 Å². The molecule has 2 saturated heterocycles. The van der Waals surface area contributed by atoms with Gasteiger partial charge in [-0.3, -0.25) is 4.79 Å². The zero-order valence-corrected chi connectivity index (χ0v) is 12.9. The van der Waals surface area contributed by atoms with E-state index in [1.807, 2.05) is 6.92 Å². The minimum Gasteiger partial charge on any atom is -0.481 e. The topological polar surface area (TPSA) is 104 Å². The maximum absolute atomic E-state index is 12.2. The first-order chi connectivity index (χ1) is 9.78. The fourth-order valence-electron chi connectivity index (χ4n) is 3.09. The molecule has 3 atom stereocenters. The van der Waals surface area contributed by atoms with E-state index in [1.165, 1.54) is 0 Å². The quantitative estimate of drug-likeness (QED) is 0.770. The highest BCUT2D eigenvalue weighted by molar-refractivity contribution is 7.91. The van der Waals surface area contributed by atoms with E-state index >= 15 is 0 Å². The Hall–Kier alpha value is -1.31. The van der Waals surface area contributed by atoms with Gasteiger partial charge in [-0.05, 0) is 32.6 Å². The van der Waals surface area contributed by atoms with Crippen molar-refractivity contribution in [2.75, 3.05) is 18.1 Å². The van der Waals surface area contributed by atoms with Crippen molar-refractivity contribution in [1.82, 2.24) is 10.2 Å². The Kier molecular flexibility index (Phi) is 4.75. The van der Waals surface area contributed by atoms with E-state index < -0.39 is 21.7 Å². The Balaban J connectivity index is 1.90. The Morgan fingerprint density at radius 1 is 1.29 bits per heavy atom. The van der Waals surface area contributed by atoms with Crippen LogP contribution in [0.1, 0.15) is 32.6 Å². The second-order valence-electron chi connectivity index (χ2n) is 6.00. The Morgan fingerprint density at radius 3 is 2.57 bits per heavy atom. The number of hydrogen-bond acceptors (Lipinski definition) is 4. The lowest BCUT2D eigenvalue weighted by atomic mass is 9.92. The summed E-state index contributed by atoms with van der Waals surface area (Å²) in [6, 6.07) is -0.769. The lowest BCUT2D eigenvalue weighted by Gasteiger charge is -2.37. The van der Waals surface area contributed by atoms with Crippen LogP contribution >= 0.6 is 0 Å². The van der Waals surface area contributed by atoms with E-state index in [0.717, 1.165) is 0 Å². The summed E-state index contributed by atoms with van der Waals surface area (Å²) in [7, 11) is -3.05. The molecule has 0 aromatic rings. The van der Waals surface area contributed by atoms with E-state index in [4.69, 9.17) is 5.11 Å². The first kappa shape index (κ1) is 16.1. The van der Waals surface area contributed by atoms with E-state index in [1.54, 1.807) is 4.90 Å². The second-order valence-corrected chi connectivity index (χ2v) is 8.23. The van der Waals surface area contributed by atoms with Crippen LogP contribution in [-0.4, -0.2) is 60.6 Å². The second kappa shape index (κ2) is 6.21. The van der Waals surface area contributed by atoms with Crippen LogP contribution in [0.5, 0.6) is 0 Å². The third-order valence-corrected chi connectivity index (χ3v) is 6.10. The number of piperidine rings is 1. The molecule has 0 spiro atoms. The van der Waals surface area contributed by atoms with Crippen molar-refractivity contribution in [2.24, 2.45) is 5.92 Å². The summed E-state index contributed by atoms with van der Waals surface area (Å²) in [5, 5.41) is 11.8. The number of carbonyl (C=O) groups is 2. The maximum Gasteiger partial charge on any atom is 0.317 e. The molecule has 0 aliphatic carbocycles. The van der Waals surface area contributed by atoms with Crippen molar-refractivity contribution in [3.63, 3.8) is 0 Å². The van der Waals surface area contributed by atoms with Crippen LogP contribution < -0.4 is 5.32 Å². The standard InChI is InChI=1S/C13H22N2O5S/c1-9-7-10(12(16)17)4-5-15(9)13(18)14-11-3-2-6-21(19,20)8-11/h9-11H,2-8H2,1H3,(H,14,18)(H,16,17). The lowest BCUT2D eigenvalue weighted by molar-refractivity contribution is -0.143. The van der Waals surface area contributed by atoms with Gasteiger partial charge in [0.2, 0.25) is 0 Å². The minimum atomic E-state index is -3.05. The molecular weight excluding hydrogens is 296 g/mol. The summed E-state index contributed by atoms with van der Waals surface area (Å²) in [5.41, 5.74) is 0. The van der Waals surface area contributed by atoms with Gasteiger partial charge in [0, 0.05) is 18.6 Å². The van der Waals surface area contributed by atoms with E-state index in [2.05, 4.69) is 5.32 Å². The largest absolute Gasteiger partial charge is 0.481 e. The molecule has 8 heteroatoms. The van der Waals surface area contributed by atoms with Gasteiger partial charge in [-0.25, -0.2) is 13.2 Å². The first-order valence-electron chi connectivity index (χ1n) is 7.29. The van der Waals surface area contributed by atoms with Gasteiger partial charge < -0.3 is 15.3 Å². The van der Waals surface area contributed by atoms with Gasteiger partial charge >= 0.3 is 12.0 Å². The Morgan fingerprint density at radius 2 is 2.00 bits per heavy atom. The Labute approximate surface area is 124 Å². The molecule has 0 saturated carbocycles. The van der Waals surface area contributed by atoms with Crippen molar-refractivity contribution in [3.05, 3.63) is 0 Å². The van der Waals surface area contributed by atoms with Crippen LogP contribution in [0.4, 0.5) is 4.79 Å². The van der Waals surface area contributed by atoms with Gasteiger partial charge in [0.15, 0.2) is 9.84 Å². The smallest absolute Gasteiger partial charge is 0.317 e. The zero-order valence-electron chi connectivity index (χ0n) is 12.1.